The predicted molar refractivity (Wildman–Crippen MR) is 85.3 cm³/mol. The Bertz CT molecular complexity index is 783. The molecule has 0 saturated heterocycles. The van der Waals surface area contributed by atoms with Gasteiger partial charge < -0.3 is 10.5 Å². The lowest BCUT2D eigenvalue weighted by atomic mass is 10.0. The molecule has 3 nitrogen and oxygen atoms in total. The number of ether oxygens (including phenoxy) is 1. The first kappa shape index (κ1) is 14.1. The molecular weight excluding hydrogens is 279 g/mol. The number of pyridine rings is 1. The monoisotopic (exact) mass is 294 g/mol. The molecule has 1 aromatic heterocycles. The minimum absolute atomic E-state index is 0.196. The molecule has 0 spiro atoms. The van der Waals surface area contributed by atoms with Gasteiger partial charge in [-0.25, -0.2) is 9.37 Å². The summed E-state index contributed by atoms with van der Waals surface area (Å²) in [4.78, 5) is 4.09. The zero-order chi connectivity index (χ0) is 15.5. The molecule has 0 unspecified atom stereocenters. The van der Waals surface area contributed by atoms with Crippen LogP contribution in [0.25, 0.3) is 11.1 Å². The highest BCUT2D eigenvalue weighted by molar-refractivity contribution is 5.65. The molecule has 0 aliphatic rings. The van der Waals surface area contributed by atoms with E-state index in [2.05, 4.69) is 4.98 Å². The predicted octanol–water partition coefficient (Wildman–Crippen LogP) is 4.57. The number of benzene rings is 2. The summed E-state index contributed by atoms with van der Waals surface area (Å²) in [6, 6.07) is 16.1. The molecule has 0 radical (unpaired) electrons. The number of halogens is 1. The van der Waals surface area contributed by atoms with E-state index in [0.29, 0.717) is 22.9 Å². The lowest BCUT2D eigenvalue weighted by molar-refractivity contribution is 0.463. The standard InChI is InChI=1S/C18H15FN2O/c1-12-10-14(4-8-17(12)19)13-2-6-16(7-3-13)22-18-9-5-15(20)11-21-18/h2-11H,20H2,1H3. The first-order valence-electron chi connectivity index (χ1n) is 6.88. The molecular formula is C18H15FN2O. The molecule has 0 fully saturated rings. The summed E-state index contributed by atoms with van der Waals surface area (Å²) in [5, 5.41) is 0. The molecule has 0 bridgehead atoms. The van der Waals surface area contributed by atoms with E-state index in [1.807, 2.05) is 30.3 Å². The lowest BCUT2D eigenvalue weighted by Gasteiger charge is -2.07. The average Bonchev–Trinajstić information content (AvgIpc) is 2.53. The number of nitrogens with two attached hydrogens (primary N) is 1. The van der Waals surface area contributed by atoms with Gasteiger partial charge in [-0.3, -0.25) is 0 Å². The number of hydrogen-bond acceptors (Lipinski definition) is 3. The van der Waals surface area contributed by atoms with Crippen molar-refractivity contribution in [1.29, 1.82) is 0 Å². The number of nitrogens with zero attached hydrogens (tertiary/aromatic N) is 1. The largest absolute Gasteiger partial charge is 0.439 e. The summed E-state index contributed by atoms with van der Waals surface area (Å²) in [5.74, 6) is 0.970. The van der Waals surface area contributed by atoms with Crippen molar-refractivity contribution in [2.45, 2.75) is 6.92 Å². The van der Waals surface area contributed by atoms with Gasteiger partial charge in [-0.2, -0.15) is 0 Å². The first-order valence-corrected chi connectivity index (χ1v) is 6.88. The molecule has 1 heterocycles. The van der Waals surface area contributed by atoms with Crippen LogP contribution in [0.5, 0.6) is 11.6 Å². The third kappa shape index (κ3) is 3.06. The van der Waals surface area contributed by atoms with E-state index in [0.717, 1.165) is 11.1 Å². The van der Waals surface area contributed by atoms with Gasteiger partial charge in [-0.05, 0) is 53.9 Å². The third-order valence-electron chi connectivity index (χ3n) is 3.33. The minimum atomic E-state index is -0.196. The van der Waals surface area contributed by atoms with Gasteiger partial charge in [-0.15, -0.1) is 0 Å². The van der Waals surface area contributed by atoms with Crippen molar-refractivity contribution in [2.24, 2.45) is 0 Å². The smallest absolute Gasteiger partial charge is 0.219 e. The Morgan fingerprint density at radius 2 is 1.68 bits per heavy atom. The summed E-state index contributed by atoms with van der Waals surface area (Å²) < 4.78 is 19.0. The Morgan fingerprint density at radius 1 is 0.955 bits per heavy atom. The Morgan fingerprint density at radius 3 is 2.32 bits per heavy atom. The average molecular weight is 294 g/mol. The van der Waals surface area contributed by atoms with E-state index in [9.17, 15) is 4.39 Å². The van der Waals surface area contributed by atoms with Crippen LogP contribution in [0.15, 0.2) is 60.8 Å². The maximum atomic E-state index is 13.3. The number of hydrogen-bond donors (Lipinski definition) is 1. The Labute approximate surface area is 128 Å². The SMILES string of the molecule is Cc1cc(-c2ccc(Oc3ccc(N)cn3)cc2)ccc1F. The van der Waals surface area contributed by atoms with Crippen molar-refractivity contribution in [3.8, 4) is 22.8 Å². The highest BCUT2D eigenvalue weighted by Crippen LogP contribution is 2.26. The second kappa shape index (κ2) is 5.85. The van der Waals surface area contributed by atoms with Crippen molar-refractivity contribution in [3.05, 3.63) is 72.2 Å². The fourth-order valence-electron chi connectivity index (χ4n) is 2.11. The molecule has 110 valence electrons. The molecule has 2 N–H and O–H groups in total. The van der Waals surface area contributed by atoms with Crippen molar-refractivity contribution in [3.63, 3.8) is 0 Å². The number of nitrogen functional groups attached to an aromatic ring is 1. The molecule has 0 atom stereocenters. The van der Waals surface area contributed by atoms with Gasteiger partial charge in [0.05, 0.1) is 11.9 Å². The quantitative estimate of drug-likeness (QED) is 0.769. The van der Waals surface area contributed by atoms with E-state index in [4.69, 9.17) is 10.5 Å². The van der Waals surface area contributed by atoms with Crippen LogP contribution in [0.4, 0.5) is 10.1 Å². The third-order valence-corrected chi connectivity index (χ3v) is 3.33. The molecule has 4 heteroatoms. The Balaban J connectivity index is 1.80. The Hall–Kier alpha value is -2.88. The molecule has 0 aliphatic carbocycles. The van der Waals surface area contributed by atoms with Gasteiger partial charge >= 0.3 is 0 Å². The lowest BCUT2D eigenvalue weighted by Crippen LogP contribution is -1.90. The van der Waals surface area contributed by atoms with Gasteiger partial charge in [-0.1, -0.05) is 18.2 Å². The number of anilines is 1. The van der Waals surface area contributed by atoms with Crippen molar-refractivity contribution >= 4 is 5.69 Å². The van der Waals surface area contributed by atoms with Crippen LogP contribution in [-0.4, -0.2) is 4.98 Å². The fraction of sp³-hybridized carbons (Fsp3) is 0.0556. The van der Waals surface area contributed by atoms with Gasteiger partial charge in [0.25, 0.3) is 0 Å². The molecule has 3 aromatic rings. The van der Waals surface area contributed by atoms with Crippen LogP contribution >= 0.6 is 0 Å². The fourth-order valence-corrected chi connectivity index (χ4v) is 2.11. The van der Waals surface area contributed by atoms with Crippen LogP contribution in [0.2, 0.25) is 0 Å². The van der Waals surface area contributed by atoms with Crippen LogP contribution in [0.1, 0.15) is 5.56 Å². The molecule has 2 aromatic carbocycles. The van der Waals surface area contributed by atoms with Gasteiger partial charge in [0.15, 0.2) is 0 Å². The van der Waals surface area contributed by atoms with Gasteiger partial charge in [0.1, 0.15) is 11.6 Å². The van der Waals surface area contributed by atoms with Crippen LogP contribution in [0.3, 0.4) is 0 Å². The Kier molecular flexibility index (Phi) is 3.74. The number of aryl methyl sites for hydroxylation is 1. The molecule has 3 rings (SSSR count). The van der Waals surface area contributed by atoms with E-state index in [1.54, 1.807) is 31.3 Å². The maximum absolute atomic E-state index is 13.3. The van der Waals surface area contributed by atoms with E-state index in [-0.39, 0.29) is 5.82 Å². The van der Waals surface area contributed by atoms with Crippen LogP contribution < -0.4 is 10.5 Å². The van der Waals surface area contributed by atoms with Gasteiger partial charge in [0.2, 0.25) is 5.88 Å². The molecule has 22 heavy (non-hydrogen) atoms. The summed E-state index contributed by atoms with van der Waals surface area (Å²) in [5.41, 5.74) is 8.77. The van der Waals surface area contributed by atoms with E-state index < -0.39 is 0 Å². The summed E-state index contributed by atoms with van der Waals surface area (Å²) >= 11 is 0. The topological polar surface area (TPSA) is 48.1 Å². The molecule has 0 saturated carbocycles. The van der Waals surface area contributed by atoms with Crippen molar-refractivity contribution < 1.29 is 9.13 Å². The van der Waals surface area contributed by atoms with E-state index in [1.165, 1.54) is 6.07 Å². The summed E-state index contributed by atoms with van der Waals surface area (Å²) in [7, 11) is 0. The second-order valence-corrected chi connectivity index (χ2v) is 5.02. The zero-order valence-electron chi connectivity index (χ0n) is 12.1. The summed E-state index contributed by atoms with van der Waals surface area (Å²) in [6.07, 6.45) is 1.55. The van der Waals surface area contributed by atoms with Crippen molar-refractivity contribution in [2.75, 3.05) is 5.73 Å². The first-order chi connectivity index (χ1) is 10.6. The number of aromatic nitrogens is 1. The van der Waals surface area contributed by atoms with Crippen LogP contribution in [0, 0.1) is 12.7 Å². The normalized spacial score (nSPS) is 10.5. The van der Waals surface area contributed by atoms with E-state index >= 15 is 0 Å². The second-order valence-electron chi connectivity index (χ2n) is 5.02. The van der Waals surface area contributed by atoms with Crippen molar-refractivity contribution in [1.82, 2.24) is 4.98 Å². The maximum Gasteiger partial charge on any atom is 0.219 e. The molecule has 0 aliphatic heterocycles. The van der Waals surface area contributed by atoms with Crippen LogP contribution in [-0.2, 0) is 0 Å². The molecule has 0 amide bonds. The minimum Gasteiger partial charge on any atom is -0.439 e. The highest BCUT2D eigenvalue weighted by Gasteiger charge is 2.03. The zero-order valence-corrected chi connectivity index (χ0v) is 12.1. The highest BCUT2D eigenvalue weighted by atomic mass is 19.1. The number of rotatable bonds is 3. The van der Waals surface area contributed by atoms with Gasteiger partial charge in [0, 0.05) is 6.07 Å². The summed E-state index contributed by atoms with van der Waals surface area (Å²) in [6.45, 7) is 1.75.